The summed E-state index contributed by atoms with van der Waals surface area (Å²) in [4.78, 5) is 0. The molecule has 0 aliphatic carbocycles. The molecule has 2 nitrogen and oxygen atoms in total. The topological polar surface area (TPSA) is 33.1 Å². The molecule has 0 radical (unpaired) electrons. The second-order valence-electron chi connectivity index (χ2n) is 1.66. The van der Waals surface area contributed by atoms with E-state index in [2.05, 4.69) is 16.2 Å². The summed E-state index contributed by atoms with van der Waals surface area (Å²) in [7, 11) is 0. The van der Waals surface area contributed by atoms with Crippen LogP contribution in [0.4, 0.5) is 0 Å². The highest BCUT2D eigenvalue weighted by Gasteiger charge is 1.83. The van der Waals surface area contributed by atoms with E-state index in [0.717, 1.165) is 5.69 Å². The van der Waals surface area contributed by atoms with Gasteiger partial charge in [0.15, 0.2) is 0 Å². The maximum Gasteiger partial charge on any atom is 0.126 e. The van der Waals surface area contributed by atoms with Crippen molar-refractivity contribution in [2.24, 2.45) is 0 Å². The van der Waals surface area contributed by atoms with Gasteiger partial charge in [-0.25, -0.2) is 0 Å². The first-order valence-corrected chi connectivity index (χ1v) is 3.77. The van der Waals surface area contributed by atoms with Crippen molar-refractivity contribution in [1.29, 1.82) is 0 Å². The van der Waals surface area contributed by atoms with Gasteiger partial charge < -0.3 is 5.11 Å². The van der Waals surface area contributed by atoms with Crippen molar-refractivity contribution in [1.82, 2.24) is 4.37 Å². The molecule has 1 heterocycles. The molecule has 10 heavy (non-hydrogen) atoms. The van der Waals surface area contributed by atoms with Crippen LogP contribution in [0.1, 0.15) is 12.1 Å². The first-order valence-electron chi connectivity index (χ1n) is 2.93. The van der Waals surface area contributed by atoms with Crippen molar-refractivity contribution in [3.05, 3.63) is 17.1 Å². The summed E-state index contributed by atoms with van der Waals surface area (Å²) in [6, 6.07) is 1.86. The Morgan fingerprint density at radius 2 is 2.60 bits per heavy atom. The van der Waals surface area contributed by atoms with Gasteiger partial charge in [-0.15, -0.1) is 0 Å². The molecular formula is C7H7NOS. The van der Waals surface area contributed by atoms with Crippen molar-refractivity contribution >= 4 is 11.5 Å². The first kappa shape index (κ1) is 7.26. The van der Waals surface area contributed by atoms with Gasteiger partial charge in [0.05, 0.1) is 6.61 Å². The van der Waals surface area contributed by atoms with Crippen molar-refractivity contribution in [3.63, 3.8) is 0 Å². The number of aliphatic hydroxyl groups excluding tert-OH is 1. The minimum atomic E-state index is 0.122. The molecule has 52 valence electrons. The Hall–Kier alpha value is -0.850. The molecule has 0 unspecified atom stereocenters. The van der Waals surface area contributed by atoms with Gasteiger partial charge in [0.25, 0.3) is 0 Å². The minimum Gasteiger partial charge on any atom is -0.395 e. The van der Waals surface area contributed by atoms with Gasteiger partial charge in [-0.05, 0) is 23.5 Å². The van der Waals surface area contributed by atoms with E-state index in [1.54, 1.807) is 0 Å². The summed E-state index contributed by atoms with van der Waals surface area (Å²) in [5.41, 5.74) is 0.790. The van der Waals surface area contributed by atoms with Gasteiger partial charge in [0.2, 0.25) is 0 Å². The maximum atomic E-state index is 8.37. The molecular weight excluding hydrogens is 146 g/mol. The van der Waals surface area contributed by atoms with E-state index in [1.807, 2.05) is 11.4 Å². The molecule has 0 fully saturated rings. The Morgan fingerprint density at radius 1 is 1.70 bits per heavy atom. The summed E-state index contributed by atoms with van der Waals surface area (Å²) >= 11 is 1.38. The van der Waals surface area contributed by atoms with Crippen molar-refractivity contribution in [3.8, 4) is 11.8 Å². The normalized spacial score (nSPS) is 8.50. The molecule has 0 saturated heterocycles. The van der Waals surface area contributed by atoms with Gasteiger partial charge >= 0.3 is 0 Å². The third-order valence-corrected chi connectivity index (χ3v) is 1.45. The highest BCUT2D eigenvalue weighted by molar-refractivity contribution is 7.03. The van der Waals surface area contributed by atoms with E-state index in [1.165, 1.54) is 11.5 Å². The molecule has 0 aliphatic rings. The van der Waals surface area contributed by atoms with Crippen LogP contribution in [-0.4, -0.2) is 16.1 Å². The van der Waals surface area contributed by atoms with Crippen LogP contribution in [0.15, 0.2) is 11.4 Å². The van der Waals surface area contributed by atoms with E-state index in [9.17, 15) is 0 Å². The summed E-state index contributed by atoms with van der Waals surface area (Å²) in [5, 5.41) is 10.3. The van der Waals surface area contributed by atoms with E-state index in [4.69, 9.17) is 5.11 Å². The number of nitrogens with zero attached hydrogens (tertiary/aromatic N) is 1. The monoisotopic (exact) mass is 153 g/mol. The molecule has 1 rings (SSSR count). The summed E-state index contributed by atoms with van der Waals surface area (Å²) in [5.74, 6) is 5.60. The lowest BCUT2D eigenvalue weighted by Gasteiger charge is -1.76. The van der Waals surface area contributed by atoms with Gasteiger partial charge in [-0.1, -0.05) is 5.92 Å². The quantitative estimate of drug-likeness (QED) is 0.607. The first-order chi connectivity index (χ1) is 4.93. The van der Waals surface area contributed by atoms with E-state index < -0.39 is 0 Å². The number of hydrogen-bond acceptors (Lipinski definition) is 3. The van der Waals surface area contributed by atoms with Crippen LogP contribution < -0.4 is 0 Å². The Bertz CT molecular complexity index is 232. The van der Waals surface area contributed by atoms with E-state index >= 15 is 0 Å². The predicted molar refractivity (Wildman–Crippen MR) is 40.7 cm³/mol. The molecule has 0 bridgehead atoms. The molecule has 0 saturated carbocycles. The maximum absolute atomic E-state index is 8.37. The molecule has 0 spiro atoms. The second-order valence-corrected chi connectivity index (χ2v) is 2.33. The predicted octanol–water partition coefficient (Wildman–Crippen LogP) is 0.877. The fourth-order valence-corrected chi connectivity index (χ4v) is 0.957. The summed E-state index contributed by atoms with van der Waals surface area (Å²) in [6.45, 7) is 0.122. The smallest absolute Gasteiger partial charge is 0.126 e. The summed E-state index contributed by atoms with van der Waals surface area (Å²) < 4.78 is 3.97. The standard InChI is InChI=1S/C7H7NOS/c9-5-2-1-3-7-4-6-10-8-7/h4,6,9H,2,5H2. The number of aromatic nitrogens is 1. The van der Waals surface area contributed by atoms with Crippen molar-refractivity contribution in [2.45, 2.75) is 6.42 Å². The lowest BCUT2D eigenvalue weighted by molar-refractivity contribution is 0.305. The SMILES string of the molecule is OCCC#Cc1ccsn1. The average molecular weight is 153 g/mol. The van der Waals surface area contributed by atoms with Crippen molar-refractivity contribution < 1.29 is 5.11 Å². The van der Waals surface area contributed by atoms with Gasteiger partial charge in [-0.2, -0.15) is 4.37 Å². The molecule has 1 aromatic heterocycles. The zero-order valence-corrected chi connectivity index (χ0v) is 6.19. The zero-order valence-electron chi connectivity index (χ0n) is 5.37. The van der Waals surface area contributed by atoms with E-state index in [0.29, 0.717) is 6.42 Å². The Labute approximate surface area is 63.7 Å². The largest absolute Gasteiger partial charge is 0.395 e. The molecule has 0 atom stereocenters. The minimum absolute atomic E-state index is 0.122. The van der Waals surface area contributed by atoms with E-state index in [-0.39, 0.29) is 6.61 Å². The number of hydrogen-bond donors (Lipinski definition) is 1. The van der Waals surface area contributed by atoms with Crippen LogP contribution in [0, 0.1) is 11.8 Å². The van der Waals surface area contributed by atoms with Gasteiger partial charge in [0.1, 0.15) is 5.69 Å². The van der Waals surface area contributed by atoms with Crippen molar-refractivity contribution in [2.75, 3.05) is 6.61 Å². The fourth-order valence-electron chi connectivity index (χ4n) is 0.486. The lowest BCUT2D eigenvalue weighted by Crippen LogP contribution is -1.76. The second kappa shape index (κ2) is 4.04. The number of rotatable bonds is 1. The van der Waals surface area contributed by atoms with Crippen LogP contribution in [0.5, 0.6) is 0 Å². The molecule has 3 heteroatoms. The van der Waals surface area contributed by atoms with Gasteiger partial charge in [-0.3, -0.25) is 0 Å². The summed E-state index contributed by atoms with van der Waals surface area (Å²) in [6.07, 6.45) is 0.525. The number of aliphatic hydroxyl groups is 1. The highest BCUT2D eigenvalue weighted by Crippen LogP contribution is 1.96. The average Bonchev–Trinajstić information content (AvgIpc) is 2.41. The zero-order chi connectivity index (χ0) is 7.23. The Balaban J connectivity index is 2.49. The molecule has 0 amide bonds. The van der Waals surface area contributed by atoms with Crippen LogP contribution in [0.25, 0.3) is 0 Å². The Kier molecular flexibility index (Phi) is 2.94. The Morgan fingerprint density at radius 3 is 3.20 bits per heavy atom. The van der Waals surface area contributed by atoms with Gasteiger partial charge in [0, 0.05) is 11.8 Å². The fraction of sp³-hybridized carbons (Fsp3) is 0.286. The third kappa shape index (κ3) is 2.18. The molecule has 0 aromatic carbocycles. The van der Waals surface area contributed by atoms with Crippen LogP contribution in [0.3, 0.4) is 0 Å². The molecule has 1 N–H and O–H groups in total. The van der Waals surface area contributed by atoms with Crippen LogP contribution >= 0.6 is 11.5 Å². The highest BCUT2D eigenvalue weighted by atomic mass is 32.1. The molecule has 1 aromatic rings. The van der Waals surface area contributed by atoms with Crippen LogP contribution in [-0.2, 0) is 0 Å². The third-order valence-electron chi connectivity index (χ3n) is 0.891. The van der Waals surface area contributed by atoms with Crippen LogP contribution in [0.2, 0.25) is 0 Å². The molecule has 0 aliphatic heterocycles. The lowest BCUT2D eigenvalue weighted by atomic mass is 10.4.